The van der Waals surface area contributed by atoms with E-state index in [4.69, 9.17) is 4.74 Å². The molecule has 2 rings (SSSR count). The highest BCUT2D eigenvalue weighted by molar-refractivity contribution is 5.26. The van der Waals surface area contributed by atoms with Gasteiger partial charge in [-0.2, -0.15) is 0 Å². The first-order valence-corrected chi connectivity index (χ1v) is 7.69. The Morgan fingerprint density at radius 1 is 1.20 bits per heavy atom. The number of β-amino-alcohol motifs (C(OH)–C–C–N with tert-alkyl or cyclic N) is 1. The summed E-state index contributed by atoms with van der Waals surface area (Å²) in [5, 5.41) is 10.2. The topological polar surface area (TPSA) is 32.7 Å². The molecule has 0 aliphatic carbocycles. The molecule has 0 unspecified atom stereocenters. The Hall–Kier alpha value is -1.06. The summed E-state index contributed by atoms with van der Waals surface area (Å²) in [5.74, 6) is 0.828. The Kier molecular flexibility index (Phi) is 5.44. The maximum atomic E-state index is 10.2. The summed E-state index contributed by atoms with van der Waals surface area (Å²) in [6.07, 6.45) is 3.33. The van der Waals surface area contributed by atoms with Gasteiger partial charge in [0.2, 0.25) is 0 Å². The molecule has 0 saturated carbocycles. The van der Waals surface area contributed by atoms with Crippen molar-refractivity contribution in [3.63, 3.8) is 0 Å². The molecule has 1 N–H and O–H groups in total. The minimum absolute atomic E-state index is 0.360. The van der Waals surface area contributed by atoms with Gasteiger partial charge in [-0.1, -0.05) is 24.1 Å². The first-order valence-electron chi connectivity index (χ1n) is 7.69. The predicted octanol–water partition coefficient (Wildman–Crippen LogP) is 3.00. The molecule has 0 radical (unpaired) electrons. The van der Waals surface area contributed by atoms with Crippen LogP contribution in [0.3, 0.4) is 0 Å². The minimum atomic E-state index is -0.431. The molecule has 20 heavy (non-hydrogen) atoms. The molecule has 112 valence electrons. The number of hydrogen-bond donors (Lipinski definition) is 1. The van der Waals surface area contributed by atoms with Crippen LogP contribution in [0, 0.1) is 6.92 Å². The van der Waals surface area contributed by atoms with Gasteiger partial charge in [-0.25, -0.2) is 0 Å². The maximum Gasteiger partial charge on any atom is 0.119 e. The number of benzene rings is 1. The number of aliphatic hydroxyl groups is 1. The number of ether oxygens (including phenoxy) is 1. The van der Waals surface area contributed by atoms with E-state index in [0.717, 1.165) is 5.75 Å². The normalized spacial score (nSPS) is 25.4. The van der Waals surface area contributed by atoms with E-state index in [-0.39, 0.29) is 0 Å². The number of aryl methyl sites for hydroxylation is 1. The van der Waals surface area contributed by atoms with E-state index in [2.05, 4.69) is 25.7 Å². The molecule has 3 heteroatoms. The summed E-state index contributed by atoms with van der Waals surface area (Å²) in [4.78, 5) is 2.41. The van der Waals surface area contributed by atoms with Gasteiger partial charge in [-0.05, 0) is 45.7 Å². The molecule has 3 atom stereocenters. The van der Waals surface area contributed by atoms with Crippen molar-refractivity contribution in [2.75, 3.05) is 13.2 Å². The van der Waals surface area contributed by atoms with Gasteiger partial charge in [0, 0.05) is 18.6 Å². The monoisotopic (exact) mass is 277 g/mol. The van der Waals surface area contributed by atoms with Gasteiger partial charge in [0.25, 0.3) is 0 Å². The lowest BCUT2D eigenvalue weighted by atomic mass is 9.97. The maximum absolute atomic E-state index is 10.2. The van der Waals surface area contributed by atoms with Crippen LogP contribution in [0.2, 0.25) is 0 Å². The predicted molar refractivity (Wildman–Crippen MR) is 82.2 cm³/mol. The van der Waals surface area contributed by atoms with Crippen molar-refractivity contribution in [3.05, 3.63) is 29.8 Å². The molecule has 1 aliphatic heterocycles. The fourth-order valence-electron chi connectivity index (χ4n) is 2.96. The van der Waals surface area contributed by atoms with Crippen LogP contribution in [0.25, 0.3) is 0 Å². The lowest BCUT2D eigenvalue weighted by Crippen LogP contribution is -2.48. The third-order valence-electron chi connectivity index (χ3n) is 4.26. The Balaban J connectivity index is 1.79. The van der Waals surface area contributed by atoms with E-state index < -0.39 is 6.10 Å². The summed E-state index contributed by atoms with van der Waals surface area (Å²) in [5.41, 5.74) is 1.22. The molecular formula is C17H27NO2. The van der Waals surface area contributed by atoms with Crippen LogP contribution in [0.5, 0.6) is 5.75 Å². The Bertz CT molecular complexity index is 394. The molecule has 1 aromatic rings. The molecule has 0 aromatic heterocycles. The lowest BCUT2D eigenvalue weighted by molar-refractivity contribution is 0.0209. The molecule has 1 fully saturated rings. The highest BCUT2D eigenvalue weighted by Gasteiger charge is 2.26. The first-order chi connectivity index (χ1) is 9.56. The van der Waals surface area contributed by atoms with E-state index in [1.165, 1.54) is 24.8 Å². The second-order valence-corrected chi connectivity index (χ2v) is 6.10. The van der Waals surface area contributed by atoms with Crippen molar-refractivity contribution in [2.45, 2.75) is 58.2 Å². The lowest BCUT2D eigenvalue weighted by Gasteiger charge is -2.40. The van der Waals surface area contributed by atoms with Crippen molar-refractivity contribution in [1.29, 1.82) is 0 Å². The summed E-state index contributed by atoms with van der Waals surface area (Å²) in [6, 6.07) is 9.08. The SMILES string of the molecule is Cc1ccc(OC[C@H](O)CN2[C@@H](C)CCC[C@@H]2C)cc1. The van der Waals surface area contributed by atoms with E-state index >= 15 is 0 Å². The van der Waals surface area contributed by atoms with Crippen LogP contribution in [0.1, 0.15) is 38.7 Å². The highest BCUT2D eigenvalue weighted by atomic mass is 16.5. The molecule has 1 heterocycles. The number of likely N-dealkylation sites (tertiary alicyclic amines) is 1. The average molecular weight is 277 g/mol. The Labute approximate surface area is 122 Å². The molecular weight excluding hydrogens is 250 g/mol. The van der Waals surface area contributed by atoms with Gasteiger partial charge in [-0.15, -0.1) is 0 Å². The summed E-state index contributed by atoms with van der Waals surface area (Å²) in [6.45, 7) is 7.62. The van der Waals surface area contributed by atoms with Crippen molar-refractivity contribution in [3.8, 4) is 5.75 Å². The largest absolute Gasteiger partial charge is 0.491 e. The molecule has 0 spiro atoms. The van der Waals surface area contributed by atoms with Crippen molar-refractivity contribution in [1.82, 2.24) is 4.90 Å². The van der Waals surface area contributed by atoms with Gasteiger partial charge in [0.05, 0.1) is 0 Å². The zero-order chi connectivity index (χ0) is 14.5. The van der Waals surface area contributed by atoms with E-state index in [1.54, 1.807) is 0 Å². The van der Waals surface area contributed by atoms with Gasteiger partial charge in [0.1, 0.15) is 18.5 Å². The van der Waals surface area contributed by atoms with Crippen LogP contribution in [-0.2, 0) is 0 Å². The quantitative estimate of drug-likeness (QED) is 0.898. The second kappa shape index (κ2) is 7.09. The van der Waals surface area contributed by atoms with Gasteiger partial charge < -0.3 is 9.84 Å². The Morgan fingerprint density at radius 2 is 1.80 bits per heavy atom. The number of rotatable bonds is 5. The summed E-state index contributed by atoms with van der Waals surface area (Å²) < 4.78 is 5.66. The van der Waals surface area contributed by atoms with Crippen molar-refractivity contribution < 1.29 is 9.84 Å². The van der Waals surface area contributed by atoms with Crippen LogP contribution in [0.4, 0.5) is 0 Å². The van der Waals surface area contributed by atoms with Gasteiger partial charge >= 0.3 is 0 Å². The van der Waals surface area contributed by atoms with Crippen molar-refractivity contribution in [2.24, 2.45) is 0 Å². The van der Waals surface area contributed by atoms with E-state index in [9.17, 15) is 5.11 Å². The van der Waals surface area contributed by atoms with Crippen molar-refractivity contribution >= 4 is 0 Å². The summed E-state index contributed by atoms with van der Waals surface area (Å²) >= 11 is 0. The standard InChI is InChI=1S/C17H27NO2/c1-13-7-9-17(10-8-13)20-12-16(19)11-18-14(2)5-4-6-15(18)3/h7-10,14-16,19H,4-6,11-12H2,1-3H3/t14-,15-,16+/m0/s1. The molecule has 1 aromatic carbocycles. The number of nitrogens with zero attached hydrogens (tertiary/aromatic N) is 1. The third-order valence-corrected chi connectivity index (χ3v) is 4.26. The Morgan fingerprint density at radius 3 is 2.40 bits per heavy atom. The van der Waals surface area contributed by atoms with Gasteiger partial charge in [-0.3, -0.25) is 4.90 Å². The van der Waals surface area contributed by atoms with Crippen LogP contribution < -0.4 is 4.74 Å². The zero-order valence-corrected chi connectivity index (χ0v) is 12.9. The zero-order valence-electron chi connectivity index (χ0n) is 12.9. The van der Waals surface area contributed by atoms with Crippen LogP contribution in [0.15, 0.2) is 24.3 Å². The fraction of sp³-hybridized carbons (Fsp3) is 0.647. The smallest absolute Gasteiger partial charge is 0.119 e. The number of aliphatic hydroxyl groups excluding tert-OH is 1. The van der Waals surface area contributed by atoms with E-state index in [1.807, 2.05) is 24.3 Å². The molecule has 0 amide bonds. The highest BCUT2D eigenvalue weighted by Crippen LogP contribution is 2.22. The molecule has 3 nitrogen and oxygen atoms in total. The second-order valence-electron chi connectivity index (χ2n) is 6.10. The number of piperidine rings is 1. The number of hydrogen-bond acceptors (Lipinski definition) is 3. The average Bonchev–Trinajstić information content (AvgIpc) is 2.42. The minimum Gasteiger partial charge on any atom is -0.491 e. The third kappa shape index (κ3) is 4.22. The fourth-order valence-corrected chi connectivity index (χ4v) is 2.96. The van der Waals surface area contributed by atoms with Gasteiger partial charge in [0.15, 0.2) is 0 Å². The van der Waals surface area contributed by atoms with Crippen LogP contribution >= 0.6 is 0 Å². The first kappa shape index (κ1) is 15.3. The molecule has 1 aliphatic rings. The van der Waals surface area contributed by atoms with Crippen LogP contribution in [-0.4, -0.2) is 41.3 Å². The van der Waals surface area contributed by atoms with E-state index in [0.29, 0.717) is 25.2 Å². The molecule has 0 bridgehead atoms. The molecule has 1 saturated heterocycles. The summed E-state index contributed by atoms with van der Waals surface area (Å²) in [7, 11) is 0.